The molecule has 0 spiro atoms. The van der Waals surface area contributed by atoms with Crippen molar-refractivity contribution >= 4 is 22.7 Å². The number of fused-ring (bicyclic) bond motifs is 2. The molecule has 2 N–H and O–H groups in total. The normalized spacial score (nSPS) is 19.1. The van der Waals surface area contributed by atoms with E-state index >= 15 is 0 Å². The van der Waals surface area contributed by atoms with Crippen molar-refractivity contribution in [3.63, 3.8) is 0 Å². The summed E-state index contributed by atoms with van der Waals surface area (Å²) in [6.07, 6.45) is 5.60. The van der Waals surface area contributed by atoms with E-state index in [9.17, 15) is 9.59 Å². The summed E-state index contributed by atoms with van der Waals surface area (Å²) in [5, 5.41) is 4.09. The van der Waals surface area contributed by atoms with Crippen LogP contribution in [0.3, 0.4) is 0 Å². The van der Waals surface area contributed by atoms with Gasteiger partial charge in [-0.1, -0.05) is 18.2 Å². The van der Waals surface area contributed by atoms with E-state index in [1.165, 1.54) is 6.42 Å². The molecule has 1 aromatic carbocycles. The summed E-state index contributed by atoms with van der Waals surface area (Å²) in [6, 6.07) is 9.98. The van der Waals surface area contributed by atoms with E-state index in [4.69, 9.17) is 4.98 Å². The zero-order chi connectivity index (χ0) is 20.0. The Kier molecular flexibility index (Phi) is 4.38. The fourth-order valence-corrected chi connectivity index (χ4v) is 4.25. The van der Waals surface area contributed by atoms with Crippen LogP contribution >= 0.6 is 0 Å². The van der Waals surface area contributed by atoms with Crippen LogP contribution in [0.2, 0.25) is 0 Å². The largest absolute Gasteiger partial charge is 0.353 e. The average Bonchev–Trinajstić information content (AvgIpc) is 3.28. The molecule has 2 aliphatic rings. The smallest absolute Gasteiger partial charge is 0.270 e. The lowest BCUT2D eigenvalue weighted by Crippen LogP contribution is -2.41. The van der Waals surface area contributed by atoms with Crippen LogP contribution in [0.1, 0.15) is 54.2 Å². The van der Waals surface area contributed by atoms with Crippen molar-refractivity contribution in [3.05, 3.63) is 53.7 Å². The number of nitrogens with one attached hydrogen (secondary N) is 2. The highest BCUT2D eigenvalue weighted by Crippen LogP contribution is 2.27. The fraction of sp³-hybridized carbons (Fsp3) is 0.409. The predicted molar refractivity (Wildman–Crippen MR) is 109 cm³/mol. The molecule has 1 atom stereocenters. The van der Waals surface area contributed by atoms with E-state index in [1.54, 1.807) is 0 Å². The van der Waals surface area contributed by atoms with Gasteiger partial charge in [-0.05, 0) is 38.3 Å². The highest BCUT2D eigenvalue weighted by atomic mass is 16.2. The van der Waals surface area contributed by atoms with Crippen LogP contribution < -0.4 is 5.32 Å². The maximum atomic E-state index is 13.1. The molecule has 2 amide bonds. The second kappa shape index (κ2) is 7.06. The molecule has 1 aliphatic heterocycles. The zero-order valence-corrected chi connectivity index (χ0v) is 16.5. The van der Waals surface area contributed by atoms with E-state index in [2.05, 4.69) is 14.9 Å². The molecule has 3 heterocycles. The SMILES string of the molecule is C[C@H]1c2nc(CC(=O)NC3CCC3)cn2CCN1C(=O)c1cc2ccccc2[nH]1. The third-order valence-electron chi connectivity index (χ3n) is 6.11. The van der Waals surface area contributed by atoms with Gasteiger partial charge < -0.3 is 19.8 Å². The number of amides is 2. The second-order valence-corrected chi connectivity index (χ2v) is 8.10. The van der Waals surface area contributed by atoms with Crippen LogP contribution in [0, 0.1) is 0 Å². The number of carbonyl (C=O) groups excluding carboxylic acids is 2. The van der Waals surface area contributed by atoms with Crippen molar-refractivity contribution in [2.24, 2.45) is 0 Å². The molecule has 0 radical (unpaired) electrons. The van der Waals surface area contributed by atoms with Crippen LogP contribution in [0.15, 0.2) is 36.5 Å². The summed E-state index contributed by atoms with van der Waals surface area (Å²) in [4.78, 5) is 35.1. The van der Waals surface area contributed by atoms with Gasteiger partial charge in [-0.2, -0.15) is 0 Å². The molecule has 29 heavy (non-hydrogen) atoms. The number of rotatable bonds is 4. The Hall–Kier alpha value is -3.09. The average molecular weight is 391 g/mol. The first-order chi connectivity index (χ1) is 14.1. The highest BCUT2D eigenvalue weighted by Gasteiger charge is 2.31. The van der Waals surface area contributed by atoms with Crippen molar-refractivity contribution in [2.75, 3.05) is 6.54 Å². The minimum Gasteiger partial charge on any atom is -0.353 e. The van der Waals surface area contributed by atoms with Crippen molar-refractivity contribution in [1.29, 1.82) is 0 Å². The lowest BCUT2D eigenvalue weighted by molar-refractivity contribution is -0.121. The number of hydrogen-bond donors (Lipinski definition) is 2. The molecule has 7 nitrogen and oxygen atoms in total. The first-order valence-electron chi connectivity index (χ1n) is 10.3. The standard InChI is InChI=1S/C22H25N5O2/c1-14-21-24-17(12-20(28)23-16-6-4-7-16)13-26(21)9-10-27(14)22(29)19-11-15-5-2-3-8-18(15)25-19/h2-3,5,8,11,13-14,16,25H,4,6-7,9-10,12H2,1H3,(H,23,28)/t14-/m0/s1. The maximum Gasteiger partial charge on any atom is 0.270 e. The number of carbonyl (C=O) groups is 2. The van der Waals surface area contributed by atoms with Crippen molar-refractivity contribution < 1.29 is 9.59 Å². The molecular formula is C22H25N5O2. The van der Waals surface area contributed by atoms with Gasteiger partial charge in [0.15, 0.2) is 0 Å². The van der Waals surface area contributed by atoms with Crippen molar-refractivity contribution in [3.8, 4) is 0 Å². The number of imidazole rings is 1. The molecule has 0 unspecified atom stereocenters. The van der Waals surface area contributed by atoms with Crippen LogP contribution in [-0.2, 0) is 17.8 Å². The first kappa shape index (κ1) is 18.0. The van der Waals surface area contributed by atoms with Gasteiger partial charge in [-0.25, -0.2) is 4.98 Å². The number of nitrogens with zero attached hydrogens (tertiary/aromatic N) is 3. The van der Waals surface area contributed by atoms with Crippen LogP contribution in [0.4, 0.5) is 0 Å². The minimum absolute atomic E-state index is 0.0211. The Morgan fingerprint density at radius 1 is 1.24 bits per heavy atom. The highest BCUT2D eigenvalue weighted by molar-refractivity contribution is 5.98. The van der Waals surface area contributed by atoms with E-state index in [0.29, 0.717) is 31.2 Å². The molecule has 5 rings (SSSR count). The summed E-state index contributed by atoms with van der Waals surface area (Å²) in [6.45, 7) is 3.30. The molecule has 3 aromatic rings. The predicted octanol–water partition coefficient (Wildman–Crippen LogP) is 2.79. The number of benzene rings is 1. The topological polar surface area (TPSA) is 83.0 Å². The third kappa shape index (κ3) is 3.30. The van der Waals surface area contributed by atoms with Crippen molar-refractivity contribution in [2.45, 2.75) is 51.2 Å². The number of para-hydroxylation sites is 1. The van der Waals surface area contributed by atoms with Gasteiger partial charge in [0.2, 0.25) is 5.91 Å². The summed E-state index contributed by atoms with van der Waals surface area (Å²) < 4.78 is 2.08. The van der Waals surface area contributed by atoms with E-state index in [-0.39, 0.29) is 17.9 Å². The number of hydrogen-bond acceptors (Lipinski definition) is 3. The lowest BCUT2D eigenvalue weighted by Gasteiger charge is -2.33. The van der Waals surface area contributed by atoms with Gasteiger partial charge >= 0.3 is 0 Å². The van der Waals surface area contributed by atoms with Gasteiger partial charge in [-0.15, -0.1) is 0 Å². The quantitative estimate of drug-likeness (QED) is 0.717. The number of H-pyrrole nitrogens is 1. The van der Waals surface area contributed by atoms with Crippen molar-refractivity contribution in [1.82, 2.24) is 24.8 Å². The molecule has 0 saturated heterocycles. The second-order valence-electron chi connectivity index (χ2n) is 8.10. The Morgan fingerprint density at radius 2 is 2.07 bits per heavy atom. The summed E-state index contributed by atoms with van der Waals surface area (Å²) in [7, 11) is 0. The summed E-state index contributed by atoms with van der Waals surface area (Å²) in [5.74, 6) is 0.850. The van der Waals surface area contributed by atoms with E-state index in [1.807, 2.05) is 48.4 Å². The molecule has 1 saturated carbocycles. The van der Waals surface area contributed by atoms with Gasteiger partial charge in [0.25, 0.3) is 5.91 Å². The number of aromatic amines is 1. The van der Waals surface area contributed by atoms with E-state index < -0.39 is 0 Å². The molecule has 0 bridgehead atoms. The van der Waals surface area contributed by atoms with Gasteiger partial charge in [0.05, 0.1) is 18.2 Å². The summed E-state index contributed by atoms with van der Waals surface area (Å²) in [5.41, 5.74) is 2.32. The van der Waals surface area contributed by atoms with Gasteiger partial charge in [0, 0.05) is 36.2 Å². The van der Waals surface area contributed by atoms with Crippen LogP contribution in [0.25, 0.3) is 10.9 Å². The Morgan fingerprint density at radius 3 is 2.83 bits per heavy atom. The fourth-order valence-electron chi connectivity index (χ4n) is 4.25. The summed E-state index contributed by atoms with van der Waals surface area (Å²) >= 11 is 0. The molecule has 1 aliphatic carbocycles. The van der Waals surface area contributed by atoms with E-state index in [0.717, 1.165) is 35.3 Å². The zero-order valence-electron chi connectivity index (χ0n) is 16.5. The molecular weight excluding hydrogens is 366 g/mol. The maximum absolute atomic E-state index is 13.1. The minimum atomic E-state index is -0.147. The molecule has 7 heteroatoms. The Bertz CT molecular complexity index is 1050. The molecule has 1 fully saturated rings. The monoisotopic (exact) mass is 391 g/mol. The van der Waals surface area contributed by atoms with Crippen LogP contribution in [0.5, 0.6) is 0 Å². The lowest BCUT2D eigenvalue weighted by atomic mass is 9.93. The third-order valence-corrected chi connectivity index (χ3v) is 6.11. The Balaban J connectivity index is 1.32. The van der Waals surface area contributed by atoms with Crippen LogP contribution in [-0.4, -0.2) is 43.8 Å². The first-order valence-corrected chi connectivity index (χ1v) is 10.3. The number of aromatic nitrogens is 3. The molecule has 2 aromatic heterocycles. The van der Waals surface area contributed by atoms with Gasteiger partial charge in [-0.3, -0.25) is 9.59 Å². The Labute approximate surface area is 169 Å². The molecule has 150 valence electrons. The van der Waals surface area contributed by atoms with Gasteiger partial charge in [0.1, 0.15) is 11.5 Å².